The van der Waals surface area contributed by atoms with Gasteiger partial charge in [0.1, 0.15) is 6.33 Å². The van der Waals surface area contributed by atoms with Gasteiger partial charge in [-0.05, 0) is 30.1 Å². The molecule has 1 N–H and O–H groups in total. The minimum atomic E-state index is -1.07. The number of hydrogen-bond acceptors (Lipinski definition) is 5. The molecule has 0 aliphatic heterocycles. The van der Waals surface area contributed by atoms with E-state index in [0.717, 1.165) is 22.7 Å². The number of aryl methyl sites for hydroxylation is 1. The number of nitrogens with zero attached hydrogens (tertiary/aromatic N) is 4. The molecule has 0 atom stereocenters. The molecule has 3 aromatic rings. The van der Waals surface area contributed by atoms with Gasteiger partial charge in [-0.25, -0.2) is 19.1 Å². The van der Waals surface area contributed by atoms with Gasteiger partial charge in [0.25, 0.3) is 0 Å². The standard InChI is InChI=1S/C12H10N4O2S.Na.H/c1-2-7-5-8(9-3-4-14-19-9)15-11-10(12(17)18)13-6-16(7)11;;/h3-6H,2H2,1H3,(H,17,18);;. The maximum absolute atomic E-state index is 11.1. The predicted octanol–water partition coefficient (Wildman–Crippen LogP) is 1.46. The molecule has 3 aromatic heterocycles. The van der Waals surface area contributed by atoms with E-state index in [1.54, 1.807) is 10.6 Å². The fourth-order valence-corrected chi connectivity index (χ4v) is 2.49. The quantitative estimate of drug-likeness (QED) is 0.741. The van der Waals surface area contributed by atoms with Crippen LogP contribution in [0.1, 0.15) is 23.1 Å². The number of imidazole rings is 1. The summed E-state index contributed by atoms with van der Waals surface area (Å²) in [5.41, 5.74) is 2.04. The van der Waals surface area contributed by atoms with Gasteiger partial charge in [0.2, 0.25) is 0 Å². The molecule has 0 aromatic carbocycles. The van der Waals surface area contributed by atoms with Crippen molar-refractivity contribution >= 4 is 52.7 Å². The van der Waals surface area contributed by atoms with Gasteiger partial charge < -0.3 is 5.11 Å². The van der Waals surface area contributed by atoms with Crippen LogP contribution in [0.25, 0.3) is 16.2 Å². The molecule has 0 aliphatic rings. The van der Waals surface area contributed by atoms with E-state index < -0.39 is 5.97 Å². The third kappa shape index (κ3) is 2.49. The normalized spacial score (nSPS) is 10.4. The molecule has 3 rings (SSSR count). The molecule has 0 spiro atoms. The molecule has 6 nitrogen and oxygen atoms in total. The third-order valence-corrected chi connectivity index (χ3v) is 3.61. The molecular formula is C12H11N4NaO2S. The van der Waals surface area contributed by atoms with Crippen molar-refractivity contribution in [1.29, 1.82) is 0 Å². The molecule has 20 heavy (non-hydrogen) atoms. The monoisotopic (exact) mass is 298 g/mol. The number of hydrogen-bond donors (Lipinski definition) is 1. The zero-order valence-electron chi connectivity index (χ0n) is 10.1. The molecule has 0 saturated carbocycles. The summed E-state index contributed by atoms with van der Waals surface area (Å²) in [6.45, 7) is 2.01. The van der Waals surface area contributed by atoms with E-state index >= 15 is 0 Å². The van der Waals surface area contributed by atoms with Crippen molar-refractivity contribution in [3.8, 4) is 10.6 Å². The van der Waals surface area contributed by atoms with Crippen LogP contribution in [-0.2, 0) is 6.42 Å². The van der Waals surface area contributed by atoms with Crippen LogP contribution in [0.2, 0.25) is 0 Å². The first-order chi connectivity index (χ1) is 9.20. The molecule has 0 radical (unpaired) electrons. The summed E-state index contributed by atoms with van der Waals surface area (Å²) in [5, 5.41) is 9.13. The third-order valence-electron chi connectivity index (χ3n) is 2.84. The predicted molar refractivity (Wildman–Crippen MR) is 77.6 cm³/mol. The molecule has 0 bridgehead atoms. The van der Waals surface area contributed by atoms with Crippen molar-refractivity contribution in [2.24, 2.45) is 0 Å². The summed E-state index contributed by atoms with van der Waals surface area (Å²) in [6, 6.07) is 3.80. The van der Waals surface area contributed by atoms with Crippen molar-refractivity contribution in [2.75, 3.05) is 0 Å². The van der Waals surface area contributed by atoms with Gasteiger partial charge in [0, 0.05) is 11.9 Å². The van der Waals surface area contributed by atoms with Crippen molar-refractivity contribution in [2.45, 2.75) is 13.3 Å². The summed E-state index contributed by atoms with van der Waals surface area (Å²) in [7, 11) is 0. The molecular weight excluding hydrogens is 287 g/mol. The number of fused-ring (bicyclic) bond motifs is 1. The van der Waals surface area contributed by atoms with E-state index in [1.807, 2.05) is 19.1 Å². The van der Waals surface area contributed by atoms with Crippen molar-refractivity contribution < 1.29 is 9.90 Å². The Hall–Kier alpha value is -1.28. The van der Waals surface area contributed by atoms with E-state index in [4.69, 9.17) is 5.11 Å². The summed E-state index contributed by atoms with van der Waals surface area (Å²) < 4.78 is 5.76. The topological polar surface area (TPSA) is 80.4 Å². The number of rotatable bonds is 3. The summed E-state index contributed by atoms with van der Waals surface area (Å²) >= 11 is 1.33. The maximum atomic E-state index is 11.1. The summed E-state index contributed by atoms with van der Waals surface area (Å²) in [5.74, 6) is -1.07. The molecule has 0 fully saturated rings. The number of carbonyl (C=O) groups is 1. The number of carboxylic acids is 1. The van der Waals surface area contributed by atoms with Gasteiger partial charge in [0.15, 0.2) is 11.3 Å². The van der Waals surface area contributed by atoms with Gasteiger partial charge >= 0.3 is 35.5 Å². The Morgan fingerprint density at radius 1 is 1.50 bits per heavy atom. The first-order valence-corrected chi connectivity index (χ1v) is 6.49. The molecule has 3 heterocycles. The summed E-state index contributed by atoms with van der Waals surface area (Å²) in [4.78, 5) is 20.4. The fraction of sp³-hybridized carbons (Fsp3) is 0.167. The SMILES string of the molecule is CCc1cc(-c2ccns2)nc2c(C(=O)O)ncn12.[NaH]. The van der Waals surface area contributed by atoms with Crippen LogP contribution in [-0.4, -0.2) is 59.4 Å². The second-order valence-electron chi connectivity index (χ2n) is 3.95. The second-order valence-corrected chi connectivity index (χ2v) is 4.79. The zero-order valence-corrected chi connectivity index (χ0v) is 10.9. The van der Waals surface area contributed by atoms with Crippen LogP contribution in [0.15, 0.2) is 24.7 Å². The first kappa shape index (κ1) is 15.1. The van der Waals surface area contributed by atoms with Gasteiger partial charge in [0.05, 0.1) is 10.6 Å². The Kier molecular flexibility index (Phi) is 4.54. The van der Waals surface area contributed by atoms with E-state index in [1.165, 1.54) is 17.9 Å². The zero-order chi connectivity index (χ0) is 13.4. The van der Waals surface area contributed by atoms with Gasteiger partial charge in [-0.2, -0.15) is 0 Å². The van der Waals surface area contributed by atoms with E-state index in [9.17, 15) is 4.79 Å². The Morgan fingerprint density at radius 2 is 2.30 bits per heavy atom. The number of aromatic nitrogens is 4. The summed E-state index contributed by atoms with van der Waals surface area (Å²) in [6.07, 6.45) is 3.97. The minimum absolute atomic E-state index is 0. The van der Waals surface area contributed by atoms with E-state index in [0.29, 0.717) is 5.65 Å². The van der Waals surface area contributed by atoms with Gasteiger partial charge in [-0.3, -0.25) is 4.40 Å². The van der Waals surface area contributed by atoms with Crippen LogP contribution in [0, 0.1) is 0 Å². The second kappa shape index (κ2) is 6.01. The molecule has 98 valence electrons. The van der Waals surface area contributed by atoms with Gasteiger partial charge in [-0.15, -0.1) is 0 Å². The number of carboxylic acid groups (broad SMARTS) is 1. The van der Waals surface area contributed by atoms with E-state index in [-0.39, 0.29) is 35.3 Å². The van der Waals surface area contributed by atoms with Crippen molar-refractivity contribution in [3.63, 3.8) is 0 Å². The van der Waals surface area contributed by atoms with Crippen LogP contribution in [0.4, 0.5) is 0 Å². The molecule has 0 aliphatic carbocycles. The molecule has 0 unspecified atom stereocenters. The van der Waals surface area contributed by atoms with Crippen LogP contribution >= 0.6 is 11.5 Å². The molecule has 0 saturated heterocycles. The molecule has 0 amide bonds. The average molecular weight is 298 g/mol. The Labute approximate surface area is 141 Å². The number of aromatic carboxylic acids is 1. The molecule has 8 heteroatoms. The van der Waals surface area contributed by atoms with Gasteiger partial charge in [-0.1, -0.05) is 6.92 Å². The van der Waals surface area contributed by atoms with Crippen LogP contribution in [0.5, 0.6) is 0 Å². The Bertz CT molecular complexity index is 754. The fourth-order valence-electron chi connectivity index (χ4n) is 1.93. The van der Waals surface area contributed by atoms with Crippen molar-refractivity contribution in [1.82, 2.24) is 18.7 Å². The average Bonchev–Trinajstić information content (AvgIpc) is 3.06. The van der Waals surface area contributed by atoms with E-state index in [2.05, 4.69) is 14.3 Å². The van der Waals surface area contributed by atoms with Crippen molar-refractivity contribution in [3.05, 3.63) is 36.0 Å². The van der Waals surface area contributed by atoms with Crippen LogP contribution < -0.4 is 0 Å². The first-order valence-electron chi connectivity index (χ1n) is 5.72. The Balaban J connectivity index is 0.00000147. The Morgan fingerprint density at radius 3 is 2.90 bits per heavy atom. The van der Waals surface area contributed by atoms with Crippen LogP contribution in [0.3, 0.4) is 0 Å².